The zero-order chi connectivity index (χ0) is 24.0. The smallest absolute Gasteiger partial charge is 0.345 e. The van der Waals surface area contributed by atoms with Gasteiger partial charge in [0.15, 0.2) is 6.61 Å². The molecular weight excluding hydrogens is 442 g/mol. The van der Waals surface area contributed by atoms with Gasteiger partial charge in [-0.25, -0.2) is 9.59 Å². The Morgan fingerprint density at radius 3 is 2.34 bits per heavy atom. The average Bonchev–Trinajstić information content (AvgIpc) is 3.06. The fourth-order valence-corrected chi connectivity index (χ4v) is 3.97. The summed E-state index contributed by atoms with van der Waals surface area (Å²) in [6.07, 6.45) is 0. The van der Waals surface area contributed by atoms with Crippen LogP contribution >= 0.6 is 11.3 Å². The van der Waals surface area contributed by atoms with Gasteiger partial charge in [-0.05, 0) is 31.9 Å². The Kier molecular flexibility index (Phi) is 8.02. The third kappa shape index (κ3) is 5.27. The topological polar surface area (TPSA) is 154 Å². The maximum absolute atomic E-state index is 12.4. The summed E-state index contributed by atoms with van der Waals surface area (Å²) in [5.41, 5.74) is -0.0332. The minimum Gasteiger partial charge on any atom is -0.462 e. The number of hydrogen-bond donors (Lipinski definition) is 2. The Bertz CT molecular complexity index is 1090. The second-order valence-electron chi connectivity index (χ2n) is 6.41. The molecule has 0 unspecified atom stereocenters. The minimum absolute atomic E-state index is 0.0182. The normalized spacial score (nSPS) is 10.2. The second-order valence-corrected chi connectivity index (χ2v) is 7.43. The van der Waals surface area contributed by atoms with E-state index in [1.54, 1.807) is 13.8 Å². The Morgan fingerprint density at radius 1 is 1.09 bits per heavy atom. The molecular formula is C20H21N3O8S. The van der Waals surface area contributed by atoms with Gasteiger partial charge in [-0.1, -0.05) is 12.1 Å². The Hall–Kier alpha value is -3.80. The summed E-state index contributed by atoms with van der Waals surface area (Å²) >= 11 is 0.866. The number of hydrogen-bond acceptors (Lipinski definition) is 9. The van der Waals surface area contributed by atoms with E-state index in [1.165, 1.54) is 26.1 Å². The van der Waals surface area contributed by atoms with E-state index in [4.69, 9.17) is 9.47 Å². The standard InChI is InChI=1S/C20H21N3O8S/c1-5-30-20(27)15-11(3)16(17(25)21-4)32-18(15)22-13(24)9-31-19(26)14-10(2)7-6-8-12(14)23(28)29/h6-8H,5,9H2,1-4H3,(H,21,25)(H,22,24). The molecule has 1 aromatic carbocycles. The van der Waals surface area contributed by atoms with E-state index < -0.39 is 41.0 Å². The molecule has 0 fully saturated rings. The molecule has 0 atom stereocenters. The van der Waals surface area contributed by atoms with Gasteiger partial charge in [-0.2, -0.15) is 0 Å². The van der Waals surface area contributed by atoms with E-state index in [0.717, 1.165) is 17.4 Å². The highest BCUT2D eigenvalue weighted by Gasteiger charge is 2.27. The number of nitro groups is 1. The van der Waals surface area contributed by atoms with Crippen molar-refractivity contribution < 1.29 is 33.6 Å². The fourth-order valence-electron chi connectivity index (χ4n) is 2.82. The summed E-state index contributed by atoms with van der Waals surface area (Å²) in [4.78, 5) is 59.8. The molecule has 11 nitrogen and oxygen atoms in total. The van der Waals surface area contributed by atoms with E-state index in [0.29, 0.717) is 11.1 Å². The van der Waals surface area contributed by atoms with Crippen molar-refractivity contribution in [3.8, 4) is 0 Å². The van der Waals surface area contributed by atoms with E-state index in [9.17, 15) is 29.3 Å². The summed E-state index contributed by atoms with van der Waals surface area (Å²) in [7, 11) is 1.42. The van der Waals surface area contributed by atoms with Crippen LogP contribution in [0.1, 0.15) is 48.4 Å². The third-order valence-electron chi connectivity index (χ3n) is 4.30. The molecule has 0 bridgehead atoms. The molecule has 0 saturated heterocycles. The summed E-state index contributed by atoms with van der Waals surface area (Å²) in [5, 5.41) is 16.1. The van der Waals surface area contributed by atoms with Crippen LogP contribution in [0.15, 0.2) is 18.2 Å². The van der Waals surface area contributed by atoms with E-state index in [2.05, 4.69) is 10.6 Å². The number of carbonyl (C=O) groups excluding carboxylic acids is 4. The Balaban J connectivity index is 2.22. The molecule has 2 aromatic rings. The second kappa shape index (κ2) is 10.5. The molecule has 1 aromatic heterocycles. The maximum atomic E-state index is 12.4. The van der Waals surface area contributed by atoms with Crippen molar-refractivity contribution in [2.75, 3.05) is 25.6 Å². The summed E-state index contributed by atoms with van der Waals surface area (Å²) < 4.78 is 9.94. The number of benzene rings is 1. The van der Waals surface area contributed by atoms with Crippen molar-refractivity contribution in [1.29, 1.82) is 0 Å². The zero-order valence-corrected chi connectivity index (χ0v) is 18.6. The van der Waals surface area contributed by atoms with Crippen LogP contribution < -0.4 is 10.6 Å². The van der Waals surface area contributed by atoms with Gasteiger partial charge in [0.1, 0.15) is 10.6 Å². The first-order valence-corrected chi connectivity index (χ1v) is 10.2. The summed E-state index contributed by atoms with van der Waals surface area (Å²) in [6.45, 7) is 3.98. The van der Waals surface area contributed by atoms with Crippen LogP contribution in [-0.4, -0.2) is 48.9 Å². The third-order valence-corrected chi connectivity index (χ3v) is 5.50. The van der Waals surface area contributed by atoms with Crippen molar-refractivity contribution in [2.24, 2.45) is 0 Å². The number of nitrogens with one attached hydrogen (secondary N) is 2. The Morgan fingerprint density at radius 2 is 1.75 bits per heavy atom. The quantitative estimate of drug-likeness (QED) is 0.344. The molecule has 0 aliphatic heterocycles. The summed E-state index contributed by atoms with van der Waals surface area (Å²) in [6, 6.07) is 4.09. The van der Waals surface area contributed by atoms with Gasteiger partial charge in [-0.15, -0.1) is 11.3 Å². The lowest BCUT2D eigenvalue weighted by Crippen LogP contribution is -2.22. The van der Waals surface area contributed by atoms with Crippen LogP contribution in [0, 0.1) is 24.0 Å². The number of nitro benzene ring substituents is 1. The van der Waals surface area contributed by atoms with Crippen molar-refractivity contribution in [1.82, 2.24) is 5.32 Å². The molecule has 12 heteroatoms. The van der Waals surface area contributed by atoms with E-state index in [-0.39, 0.29) is 27.6 Å². The highest BCUT2D eigenvalue weighted by atomic mass is 32.1. The fraction of sp³-hybridized carbons (Fsp3) is 0.300. The summed E-state index contributed by atoms with van der Waals surface area (Å²) in [5.74, 6) is -3.01. The van der Waals surface area contributed by atoms with Gasteiger partial charge < -0.3 is 20.1 Å². The predicted molar refractivity (Wildman–Crippen MR) is 115 cm³/mol. The van der Waals surface area contributed by atoms with E-state index >= 15 is 0 Å². The van der Waals surface area contributed by atoms with Crippen molar-refractivity contribution in [3.63, 3.8) is 0 Å². The van der Waals surface area contributed by atoms with Crippen LogP contribution in [0.25, 0.3) is 0 Å². The largest absolute Gasteiger partial charge is 0.462 e. The lowest BCUT2D eigenvalue weighted by atomic mass is 10.1. The number of ether oxygens (including phenoxy) is 2. The lowest BCUT2D eigenvalue weighted by molar-refractivity contribution is -0.385. The first-order chi connectivity index (χ1) is 15.1. The molecule has 0 aliphatic rings. The number of esters is 2. The highest BCUT2D eigenvalue weighted by Crippen LogP contribution is 2.33. The van der Waals surface area contributed by atoms with Crippen LogP contribution in [0.4, 0.5) is 10.7 Å². The highest BCUT2D eigenvalue weighted by molar-refractivity contribution is 7.18. The molecule has 2 rings (SSSR count). The van der Waals surface area contributed by atoms with Gasteiger partial charge in [0.25, 0.3) is 17.5 Å². The van der Waals surface area contributed by atoms with E-state index in [1.807, 2.05) is 0 Å². The average molecular weight is 463 g/mol. The molecule has 2 N–H and O–H groups in total. The minimum atomic E-state index is -1.04. The van der Waals surface area contributed by atoms with Crippen LogP contribution in [-0.2, 0) is 14.3 Å². The molecule has 0 spiro atoms. The van der Waals surface area contributed by atoms with Crippen molar-refractivity contribution >= 4 is 45.8 Å². The number of rotatable bonds is 8. The van der Waals surface area contributed by atoms with Crippen molar-refractivity contribution in [3.05, 3.63) is 55.4 Å². The molecule has 170 valence electrons. The van der Waals surface area contributed by atoms with Crippen LogP contribution in [0.5, 0.6) is 0 Å². The lowest BCUT2D eigenvalue weighted by Gasteiger charge is -2.09. The number of amides is 2. The van der Waals surface area contributed by atoms with Crippen LogP contribution in [0.2, 0.25) is 0 Å². The number of thiophene rings is 1. The molecule has 32 heavy (non-hydrogen) atoms. The number of carbonyl (C=O) groups is 4. The first-order valence-electron chi connectivity index (χ1n) is 9.35. The molecule has 0 aliphatic carbocycles. The molecule has 0 radical (unpaired) electrons. The van der Waals surface area contributed by atoms with Gasteiger partial charge in [0, 0.05) is 13.1 Å². The number of aryl methyl sites for hydroxylation is 1. The SMILES string of the molecule is CCOC(=O)c1c(NC(=O)COC(=O)c2c(C)cccc2[N+](=O)[O-])sc(C(=O)NC)c1C. The molecule has 1 heterocycles. The van der Waals surface area contributed by atoms with Gasteiger partial charge in [-0.3, -0.25) is 19.7 Å². The van der Waals surface area contributed by atoms with Gasteiger partial charge in [0.2, 0.25) is 0 Å². The predicted octanol–water partition coefficient (Wildman–Crippen LogP) is 2.60. The molecule has 0 saturated carbocycles. The Labute approximate surface area is 186 Å². The van der Waals surface area contributed by atoms with Crippen molar-refractivity contribution in [2.45, 2.75) is 20.8 Å². The zero-order valence-electron chi connectivity index (χ0n) is 17.8. The van der Waals surface area contributed by atoms with Gasteiger partial charge in [0.05, 0.1) is 22.0 Å². The number of anilines is 1. The number of nitrogens with zero attached hydrogens (tertiary/aromatic N) is 1. The van der Waals surface area contributed by atoms with Gasteiger partial charge >= 0.3 is 11.9 Å². The maximum Gasteiger partial charge on any atom is 0.345 e. The molecule has 2 amide bonds. The monoisotopic (exact) mass is 463 g/mol. The first kappa shape index (κ1) is 24.5. The van der Waals surface area contributed by atoms with Crippen LogP contribution in [0.3, 0.4) is 0 Å².